The summed E-state index contributed by atoms with van der Waals surface area (Å²) in [6.45, 7) is 4.07. The van der Waals surface area contributed by atoms with Crippen LogP contribution < -0.4 is 11.1 Å². The van der Waals surface area contributed by atoms with Crippen LogP contribution in [0.3, 0.4) is 0 Å². The molecule has 0 saturated heterocycles. The Kier molecular flexibility index (Phi) is 3.70. The zero-order valence-corrected chi connectivity index (χ0v) is 23.7. The van der Waals surface area contributed by atoms with Crippen LogP contribution in [0, 0.1) is 13.8 Å². The fourth-order valence-corrected chi connectivity index (χ4v) is 8.01. The van der Waals surface area contributed by atoms with Gasteiger partial charge in [0, 0.05) is 32.3 Å². The van der Waals surface area contributed by atoms with Crippen molar-refractivity contribution < 1.29 is 0 Å². The lowest BCUT2D eigenvalue weighted by Gasteiger charge is -2.18. The van der Waals surface area contributed by atoms with E-state index in [0.717, 1.165) is 87.1 Å². The van der Waals surface area contributed by atoms with E-state index < -0.39 is 0 Å². The molecule has 0 unspecified atom stereocenters. The Morgan fingerprint density at radius 3 is 1.45 bits per heavy atom. The standard InChI is InChI=1S/C38H20N4O2/c1-17-4-14-29-28(15-17)40-36-24-10-6-20-22-8-12-26-33-23(35-39-27-13-3-18(2)16-30(27)42(35)38(26)44)9-5-19(31(22)33)21-7-11-25(34(24)32(20)21)37(43)41(29)36/h3-16H,1-2H3. The molecule has 6 heteroatoms. The van der Waals surface area contributed by atoms with E-state index in [1.807, 2.05) is 62.4 Å². The molecule has 0 aliphatic carbocycles. The highest BCUT2D eigenvalue weighted by molar-refractivity contribution is 6.40. The number of hydrogen-bond acceptors (Lipinski definition) is 4. The average molecular weight is 565 g/mol. The van der Waals surface area contributed by atoms with Crippen LogP contribution in [-0.4, -0.2) is 18.8 Å². The topological polar surface area (TPSA) is 68.7 Å². The van der Waals surface area contributed by atoms with Crippen LogP contribution in [0.4, 0.5) is 0 Å². The molecule has 0 amide bonds. The van der Waals surface area contributed by atoms with E-state index in [2.05, 4.69) is 36.4 Å². The Hall–Kier alpha value is -5.88. The molecule has 4 heterocycles. The summed E-state index contributed by atoms with van der Waals surface area (Å²) in [6, 6.07) is 28.7. The second-order valence-corrected chi connectivity index (χ2v) is 12.3. The first-order valence-corrected chi connectivity index (χ1v) is 14.8. The molecule has 7 aromatic carbocycles. The minimum atomic E-state index is -0.0571. The molecule has 0 aliphatic rings. The van der Waals surface area contributed by atoms with Crippen LogP contribution in [0.5, 0.6) is 0 Å². The van der Waals surface area contributed by atoms with Crippen molar-refractivity contribution in [3.8, 4) is 0 Å². The average Bonchev–Trinajstić information content (AvgIpc) is 3.60. The maximum atomic E-state index is 14.1. The SMILES string of the molecule is Cc1ccc2c(c1)nc1c3ccc4c5ccc6c(=O)n7c8cc(C)ccc8nc7c7ccc(c8ccc(c(=O)n21)c3c48)c5c67. The lowest BCUT2D eigenvalue weighted by Crippen LogP contribution is -2.14. The quantitative estimate of drug-likeness (QED) is 0.139. The van der Waals surface area contributed by atoms with Crippen LogP contribution in [0.15, 0.2) is 94.5 Å². The third-order valence-electron chi connectivity index (χ3n) is 9.87. The van der Waals surface area contributed by atoms with Crippen LogP contribution in [0.1, 0.15) is 11.1 Å². The van der Waals surface area contributed by atoms with Gasteiger partial charge in [0.2, 0.25) is 0 Å². The summed E-state index contributed by atoms with van der Waals surface area (Å²) < 4.78 is 3.53. The Bertz CT molecular complexity index is 3140. The minimum Gasteiger partial charge on any atom is -0.268 e. The zero-order valence-electron chi connectivity index (χ0n) is 23.7. The minimum absolute atomic E-state index is 0.0555. The van der Waals surface area contributed by atoms with Crippen molar-refractivity contribution in [1.82, 2.24) is 18.8 Å². The monoisotopic (exact) mass is 564 g/mol. The molecule has 11 aromatic rings. The van der Waals surface area contributed by atoms with E-state index in [-0.39, 0.29) is 11.1 Å². The van der Waals surface area contributed by atoms with Gasteiger partial charge in [0.1, 0.15) is 11.3 Å². The van der Waals surface area contributed by atoms with Gasteiger partial charge in [-0.05, 0) is 106 Å². The van der Waals surface area contributed by atoms with Crippen LogP contribution in [0.25, 0.3) is 98.0 Å². The molecule has 0 fully saturated rings. The third-order valence-corrected chi connectivity index (χ3v) is 9.87. The van der Waals surface area contributed by atoms with Gasteiger partial charge in [0.25, 0.3) is 11.1 Å². The van der Waals surface area contributed by atoms with Gasteiger partial charge in [0.05, 0.1) is 22.1 Å². The Morgan fingerprint density at radius 2 is 0.864 bits per heavy atom. The van der Waals surface area contributed by atoms with Gasteiger partial charge < -0.3 is 0 Å². The third kappa shape index (κ3) is 2.40. The lowest BCUT2D eigenvalue weighted by atomic mass is 9.86. The molecule has 0 saturated carbocycles. The second-order valence-electron chi connectivity index (χ2n) is 12.3. The first-order valence-electron chi connectivity index (χ1n) is 14.8. The van der Waals surface area contributed by atoms with E-state index in [0.29, 0.717) is 22.1 Å². The number of rotatable bonds is 0. The fourth-order valence-electron chi connectivity index (χ4n) is 8.01. The maximum absolute atomic E-state index is 14.1. The summed E-state index contributed by atoms with van der Waals surface area (Å²) in [5.41, 5.74) is 6.74. The largest absolute Gasteiger partial charge is 0.268 e. The first kappa shape index (κ1) is 22.7. The predicted molar refractivity (Wildman–Crippen MR) is 180 cm³/mol. The van der Waals surface area contributed by atoms with E-state index >= 15 is 0 Å². The lowest BCUT2D eigenvalue weighted by molar-refractivity contribution is 1.19. The van der Waals surface area contributed by atoms with Gasteiger partial charge in [-0.3, -0.25) is 18.4 Å². The van der Waals surface area contributed by atoms with Gasteiger partial charge in [-0.1, -0.05) is 36.4 Å². The molecule has 11 rings (SSSR count). The van der Waals surface area contributed by atoms with Crippen molar-refractivity contribution in [2.24, 2.45) is 0 Å². The highest BCUT2D eigenvalue weighted by Crippen LogP contribution is 2.45. The number of pyridine rings is 2. The zero-order chi connectivity index (χ0) is 29.2. The number of nitrogens with zero attached hydrogens (tertiary/aromatic N) is 4. The number of benzene rings is 7. The molecule has 0 spiro atoms. The fraction of sp³-hybridized carbons (Fsp3) is 0.0526. The van der Waals surface area contributed by atoms with Gasteiger partial charge >= 0.3 is 0 Å². The highest BCUT2D eigenvalue weighted by Gasteiger charge is 2.23. The van der Waals surface area contributed by atoms with Crippen molar-refractivity contribution >= 4 is 98.0 Å². The molecule has 4 aromatic heterocycles. The van der Waals surface area contributed by atoms with Crippen molar-refractivity contribution in [3.63, 3.8) is 0 Å². The van der Waals surface area contributed by atoms with E-state index in [4.69, 9.17) is 9.97 Å². The molecule has 204 valence electrons. The van der Waals surface area contributed by atoms with E-state index in [9.17, 15) is 9.59 Å². The first-order chi connectivity index (χ1) is 21.5. The van der Waals surface area contributed by atoms with Crippen molar-refractivity contribution in [3.05, 3.63) is 117 Å². The van der Waals surface area contributed by atoms with Crippen LogP contribution >= 0.6 is 0 Å². The van der Waals surface area contributed by atoms with Crippen molar-refractivity contribution in [1.29, 1.82) is 0 Å². The van der Waals surface area contributed by atoms with Crippen molar-refractivity contribution in [2.45, 2.75) is 13.8 Å². The Morgan fingerprint density at radius 1 is 0.432 bits per heavy atom. The molecular weight excluding hydrogens is 544 g/mol. The van der Waals surface area contributed by atoms with E-state index in [1.54, 1.807) is 8.80 Å². The summed E-state index contributed by atoms with van der Waals surface area (Å²) >= 11 is 0. The van der Waals surface area contributed by atoms with Gasteiger partial charge in [-0.2, -0.15) is 0 Å². The number of fused-ring (bicyclic) bond motifs is 10. The van der Waals surface area contributed by atoms with E-state index in [1.165, 1.54) is 0 Å². The number of hydrogen-bond donors (Lipinski definition) is 0. The number of aromatic nitrogens is 4. The highest BCUT2D eigenvalue weighted by atomic mass is 16.1. The number of imidazole rings is 2. The summed E-state index contributed by atoms with van der Waals surface area (Å²) in [7, 11) is 0. The second kappa shape index (κ2) is 7.18. The molecule has 44 heavy (non-hydrogen) atoms. The Labute approximate surface area is 247 Å². The maximum Gasteiger partial charge on any atom is 0.264 e. The summed E-state index contributed by atoms with van der Waals surface area (Å²) in [5, 5.41) is 11.5. The van der Waals surface area contributed by atoms with Gasteiger partial charge in [-0.25, -0.2) is 9.97 Å². The summed E-state index contributed by atoms with van der Waals surface area (Å²) in [6.07, 6.45) is 0. The Balaban J connectivity index is 1.38. The smallest absolute Gasteiger partial charge is 0.264 e. The van der Waals surface area contributed by atoms with Crippen LogP contribution in [-0.2, 0) is 0 Å². The number of aryl methyl sites for hydroxylation is 2. The molecule has 0 bridgehead atoms. The molecule has 0 N–H and O–H groups in total. The molecule has 0 radical (unpaired) electrons. The molecule has 6 nitrogen and oxygen atoms in total. The van der Waals surface area contributed by atoms with Crippen molar-refractivity contribution in [2.75, 3.05) is 0 Å². The normalized spacial score (nSPS) is 13.0. The molecular formula is C38H20N4O2. The molecule has 0 atom stereocenters. The van der Waals surface area contributed by atoms with Gasteiger partial charge in [-0.15, -0.1) is 0 Å². The summed E-state index contributed by atoms with van der Waals surface area (Å²) in [5.74, 6) is 0. The predicted octanol–water partition coefficient (Wildman–Crippen LogP) is 7.86. The summed E-state index contributed by atoms with van der Waals surface area (Å²) in [4.78, 5) is 38.1. The molecule has 0 aliphatic heterocycles. The van der Waals surface area contributed by atoms with Gasteiger partial charge in [0.15, 0.2) is 0 Å². The van der Waals surface area contributed by atoms with Crippen LogP contribution in [0.2, 0.25) is 0 Å².